The number of carbonyl (C=O) groups is 3. The Morgan fingerprint density at radius 3 is 2.05 bits per heavy atom. The highest BCUT2D eigenvalue weighted by atomic mass is 16.7. The van der Waals surface area contributed by atoms with Crippen LogP contribution in [0.4, 0.5) is 0 Å². The molecule has 1 unspecified atom stereocenters. The monoisotopic (exact) mass is 301 g/mol. The highest BCUT2D eigenvalue weighted by Crippen LogP contribution is 2.07. The zero-order valence-corrected chi connectivity index (χ0v) is 13.1. The van der Waals surface area contributed by atoms with Crippen molar-refractivity contribution in [1.82, 2.24) is 0 Å². The van der Waals surface area contributed by atoms with Crippen LogP contribution in [0.1, 0.15) is 65.2 Å². The summed E-state index contributed by atoms with van der Waals surface area (Å²) >= 11 is 0. The van der Waals surface area contributed by atoms with E-state index in [0.29, 0.717) is 6.42 Å². The normalized spacial score (nSPS) is 11.8. The van der Waals surface area contributed by atoms with Crippen molar-refractivity contribution in [2.24, 2.45) is 5.73 Å². The van der Waals surface area contributed by atoms with Gasteiger partial charge in [0.2, 0.25) is 6.29 Å². The number of nitrogens with two attached hydrogens (primary N) is 1. The van der Waals surface area contributed by atoms with Crippen LogP contribution >= 0.6 is 0 Å². The summed E-state index contributed by atoms with van der Waals surface area (Å²) in [6.07, 6.45) is 4.63. The quantitative estimate of drug-likeness (QED) is 0.337. The first-order valence-electron chi connectivity index (χ1n) is 7.60. The van der Waals surface area contributed by atoms with Gasteiger partial charge in [0.1, 0.15) is 5.78 Å². The van der Waals surface area contributed by atoms with E-state index in [1.807, 2.05) is 0 Å². The molecule has 0 rings (SSSR count). The molecular formula is C15H27NO5. The minimum Gasteiger partial charge on any atom is -0.425 e. The molecule has 0 aromatic heterocycles. The number of carbonyl (C=O) groups excluding carboxylic acids is 3. The molecule has 0 saturated heterocycles. The van der Waals surface area contributed by atoms with Crippen molar-refractivity contribution in [1.29, 1.82) is 0 Å². The van der Waals surface area contributed by atoms with Gasteiger partial charge in [-0.2, -0.15) is 0 Å². The van der Waals surface area contributed by atoms with Crippen LogP contribution in [-0.2, 0) is 23.9 Å². The Bertz CT molecular complexity index is 330. The van der Waals surface area contributed by atoms with Crippen molar-refractivity contribution in [3.63, 3.8) is 0 Å². The second-order valence-corrected chi connectivity index (χ2v) is 4.95. The molecule has 6 heteroatoms. The molecular weight excluding hydrogens is 274 g/mol. The average Bonchev–Trinajstić information content (AvgIpc) is 2.44. The van der Waals surface area contributed by atoms with E-state index in [4.69, 9.17) is 15.2 Å². The van der Waals surface area contributed by atoms with E-state index in [1.54, 1.807) is 0 Å². The summed E-state index contributed by atoms with van der Waals surface area (Å²) in [5.41, 5.74) is 5.13. The molecule has 2 N–H and O–H groups in total. The van der Waals surface area contributed by atoms with Crippen molar-refractivity contribution in [3.8, 4) is 0 Å². The first-order valence-corrected chi connectivity index (χ1v) is 7.60. The molecule has 122 valence electrons. The van der Waals surface area contributed by atoms with Crippen LogP contribution in [0.3, 0.4) is 0 Å². The lowest BCUT2D eigenvalue weighted by molar-refractivity contribution is -0.184. The van der Waals surface area contributed by atoms with Gasteiger partial charge in [-0.1, -0.05) is 32.6 Å². The maximum absolute atomic E-state index is 11.5. The van der Waals surface area contributed by atoms with Gasteiger partial charge >= 0.3 is 11.9 Å². The van der Waals surface area contributed by atoms with Gasteiger partial charge in [-0.3, -0.25) is 14.4 Å². The van der Waals surface area contributed by atoms with Crippen molar-refractivity contribution in [2.75, 3.05) is 6.54 Å². The Balaban J connectivity index is 3.71. The first-order chi connectivity index (χ1) is 9.99. The zero-order valence-electron chi connectivity index (χ0n) is 13.1. The van der Waals surface area contributed by atoms with E-state index in [-0.39, 0.29) is 31.1 Å². The molecule has 6 nitrogen and oxygen atoms in total. The molecule has 0 saturated carbocycles. The fraction of sp³-hybridized carbons (Fsp3) is 0.800. The fourth-order valence-corrected chi connectivity index (χ4v) is 1.73. The Hall–Kier alpha value is -1.43. The zero-order chi connectivity index (χ0) is 16.1. The molecule has 0 bridgehead atoms. The van der Waals surface area contributed by atoms with E-state index < -0.39 is 12.3 Å². The van der Waals surface area contributed by atoms with Crippen LogP contribution in [0.2, 0.25) is 0 Å². The highest BCUT2D eigenvalue weighted by Gasteiger charge is 2.14. The van der Waals surface area contributed by atoms with Crippen LogP contribution in [0.15, 0.2) is 0 Å². The highest BCUT2D eigenvalue weighted by molar-refractivity contribution is 5.84. The number of Topliss-reactive ketones (excluding diaryl/α,β-unsaturated/α-hetero) is 1. The third-order valence-corrected chi connectivity index (χ3v) is 2.91. The van der Waals surface area contributed by atoms with E-state index in [0.717, 1.165) is 25.7 Å². The van der Waals surface area contributed by atoms with E-state index in [9.17, 15) is 14.4 Å². The van der Waals surface area contributed by atoms with E-state index in [2.05, 4.69) is 6.92 Å². The molecule has 0 aliphatic heterocycles. The number of hydrogen-bond acceptors (Lipinski definition) is 6. The molecule has 21 heavy (non-hydrogen) atoms. The fourth-order valence-electron chi connectivity index (χ4n) is 1.73. The van der Waals surface area contributed by atoms with Gasteiger partial charge in [-0.15, -0.1) is 0 Å². The Morgan fingerprint density at radius 2 is 1.48 bits per heavy atom. The lowest BCUT2D eigenvalue weighted by Gasteiger charge is -2.14. The lowest BCUT2D eigenvalue weighted by atomic mass is 10.1. The second kappa shape index (κ2) is 12.3. The van der Waals surface area contributed by atoms with Crippen molar-refractivity contribution < 1.29 is 23.9 Å². The van der Waals surface area contributed by atoms with Gasteiger partial charge < -0.3 is 15.2 Å². The third-order valence-electron chi connectivity index (χ3n) is 2.91. The minimum atomic E-state index is -0.923. The summed E-state index contributed by atoms with van der Waals surface area (Å²) in [6.45, 7) is 3.53. The van der Waals surface area contributed by atoms with Crippen molar-refractivity contribution in [3.05, 3.63) is 0 Å². The molecule has 0 aromatic rings. The standard InChI is InChI=1S/C15H27NO5/c1-3-4-5-6-7-8-14(18)20-12(2)21-15(19)10-9-13(17)11-16/h12H,3-11,16H2,1-2H3. The maximum atomic E-state index is 11.5. The summed E-state index contributed by atoms with van der Waals surface area (Å²) < 4.78 is 9.85. The van der Waals surface area contributed by atoms with Crippen molar-refractivity contribution in [2.45, 2.75) is 71.5 Å². The van der Waals surface area contributed by atoms with E-state index >= 15 is 0 Å². The van der Waals surface area contributed by atoms with Crippen LogP contribution < -0.4 is 5.73 Å². The Kier molecular flexibility index (Phi) is 11.5. The second-order valence-electron chi connectivity index (χ2n) is 4.95. The molecule has 0 heterocycles. The predicted molar refractivity (Wildman–Crippen MR) is 78.3 cm³/mol. The molecule has 0 fully saturated rings. The SMILES string of the molecule is CCCCCCCC(=O)OC(C)OC(=O)CCC(=O)CN. The predicted octanol–water partition coefficient (Wildman–Crippen LogP) is 2.09. The molecule has 0 amide bonds. The van der Waals surface area contributed by atoms with Gasteiger partial charge in [-0.05, 0) is 6.42 Å². The number of rotatable bonds is 12. The smallest absolute Gasteiger partial charge is 0.309 e. The summed E-state index contributed by atoms with van der Waals surface area (Å²) in [5, 5.41) is 0. The molecule has 0 aliphatic carbocycles. The molecule has 0 aliphatic rings. The van der Waals surface area contributed by atoms with Crippen LogP contribution in [-0.4, -0.2) is 30.6 Å². The van der Waals surface area contributed by atoms with Gasteiger partial charge in [0, 0.05) is 19.8 Å². The topological polar surface area (TPSA) is 95.7 Å². The first kappa shape index (κ1) is 19.6. The summed E-state index contributed by atoms with van der Waals surface area (Å²) in [4.78, 5) is 33.8. The number of ether oxygens (including phenoxy) is 2. The van der Waals surface area contributed by atoms with Crippen LogP contribution in [0.5, 0.6) is 0 Å². The molecule has 0 spiro atoms. The van der Waals surface area contributed by atoms with Gasteiger partial charge in [0.25, 0.3) is 0 Å². The van der Waals surface area contributed by atoms with Crippen LogP contribution in [0.25, 0.3) is 0 Å². The molecule has 1 atom stereocenters. The van der Waals surface area contributed by atoms with E-state index in [1.165, 1.54) is 13.3 Å². The van der Waals surface area contributed by atoms with Gasteiger partial charge in [0.15, 0.2) is 0 Å². The van der Waals surface area contributed by atoms with Gasteiger partial charge in [0.05, 0.1) is 13.0 Å². The number of hydrogen-bond donors (Lipinski definition) is 1. The van der Waals surface area contributed by atoms with Crippen molar-refractivity contribution >= 4 is 17.7 Å². The molecule has 0 radical (unpaired) electrons. The summed E-state index contributed by atoms with van der Waals surface area (Å²) in [6, 6.07) is 0. The number of ketones is 1. The average molecular weight is 301 g/mol. The van der Waals surface area contributed by atoms with Gasteiger partial charge in [-0.25, -0.2) is 0 Å². The minimum absolute atomic E-state index is 0.0467. The summed E-state index contributed by atoms with van der Waals surface area (Å²) in [7, 11) is 0. The lowest BCUT2D eigenvalue weighted by Crippen LogP contribution is -2.22. The Morgan fingerprint density at radius 1 is 0.905 bits per heavy atom. The number of unbranched alkanes of at least 4 members (excludes halogenated alkanes) is 4. The third kappa shape index (κ3) is 12.1. The Labute approximate surface area is 126 Å². The van der Waals surface area contributed by atoms with Crippen LogP contribution in [0, 0.1) is 0 Å². The maximum Gasteiger partial charge on any atom is 0.309 e. The molecule has 0 aromatic carbocycles. The largest absolute Gasteiger partial charge is 0.425 e. The summed E-state index contributed by atoms with van der Waals surface area (Å²) in [5.74, 6) is -1.14. The number of esters is 2.